The van der Waals surface area contributed by atoms with E-state index in [4.69, 9.17) is 16.3 Å². The highest BCUT2D eigenvalue weighted by Gasteiger charge is 2.29. The van der Waals surface area contributed by atoms with E-state index in [-0.39, 0.29) is 11.9 Å². The first kappa shape index (κ1) is 15.1. The van der Waals surface area contributed by atoms with Crippen LogP contribution < -0.4 is 0 Å². The largest absolute Gasteiger partial charge is 0.377 e. The molecule has 1 fully saturated rings. The van der Waals surface area contributed by atoms with Crippen molar-refractivity contribution in [2.45, 2.75) is 18.9 Å². The van der Waals surface area contributed by atoms with Gasteiger partial charge in [0, 0.05) is 24.2 Å². The lowest BCUT2D eigenvalue weighted by Crippen LogP contribution is -2.43. The molecule has 0 spiro atoms. The Morgan fingerprint density at radius 3 is 2.91 bits per heavy atom. The maximum absolute atomic E-state index is 12.6. The van der Waals surface area contributed by atoms with Gasteiger partial charge in [0.15, 0.2) is 0 Å². The van der Waals surface area contributed by atoms with E-state index in [1.54, 1.807) is 6.20 Å². The molecule has 0 radical (unpaired) electrons. The maximum atomic E-state index is 12.6. The van der Waals surface area contributed by atoms with Gasteiger partial charge < -0.3 is 9.64 Å². The molecule has 2 aromatic rings. The smallest absolute Gasteiger partial charge is 0.223 e. The van der Waals surface area contributed by atoms with Gasteiger partial charge >= 0.3 is 0 Å². The Hall–Kier alpha value is -1.85. The topological polar surface area (TPSA) is 58.2 Å². The molecule has 2 heterocycles. The number of carbonyl (C=O) groups is 1. The molecule has 6 heteroatoms. The zero-order valence-electron chi connectivity index (χ0n) is 12.2. The van der Waals surface area contributed by atoms with Gasteiger partial charge in [0.2, 0.25) is 5.91 Å². The monoisotopic (exact) mass is 319 g/mol. The molecule has 3 rings (SSSR count). The molecule has 1 amide bonds. The number of H-pyrrole nitrogens is 1. The normalized spacial score (nSPS) is 18.4. The number of nitrogens with zero attached hydrogens (tertiary/aromatic N) is 2. The highest BCUT2D eigenvalue weighted by molar-refractivity contribution is 6.30. The molecular weight excluding hydrogens is 302 g/mol. The minimum absolute atomic E-state index is 0.0750. The minimum atomic E-state index is -0.0750. The van der Waals surface area contributed by atoms with Crippen molar-refractivity contribution < 1.29 is 9.53 Å². The van der Waals surface area contributed by atoms with E-state index >= 15 is 0 Å². The van der Waals surface area contributed by atoms with Crippen LogP contribution in [0, 0.1) is 0 Å². The Labute approximate surface area is 134 Å². The standard InChI is InChI=1S/C16H18ClN3O2/c17-13-4-1-12(2-5-13)3-6-16(21)20-9-10-22-11-15(20)14-7-8-18-19-14/h1-2,4-5,7-8,15H,3,6,9-11H2,(H,18,19)/t15-/m1/s1. The van der Waals surface area contributed by atoms with Gasteiger partial charge in [-0.3, -0.25) is 9.89 Å². The summed E-state index contributed by atoms with van der Waals surface area (Å²) in [6.07, 6.45) is 2.88. The highest BCUT2D eigenvalue weighted by atomic mass is 35.5. The van der Waals surface area contributed by atoms with Crippen LogP contribution in [-0.2, 0) is 16.0 Å². The number of aryl methyl sites for hydroxylation is 1. The van der Waals surface area contributed by atoms with E-state index in [2.05, 4.69) is 10.2 Å². The first-order chi connectivity index (χ1) is 10.7. The number of benzene rings is 1. The second kappa shape index (κ2) is 6.94. The Morgan fingerprint density at radius 2 is 2.18 bits per heavy atom. The molecule has 116 valence electrons. The number of nitrogens with one attached hydrogen (secondary N) is 1. The lowest BCUT2D eigenvalue weighted by molar-refractivity contribution is -0.140. The quantitative estimate of drug-likeness (QED) is 0.942. The third kappa shape index (κ3) is 3.48. The van der Waals surface area contributed by atoms with Crippen LogP contribution in [0.2, 0.25) is 5.02 Å². The molecule has 1 saturated heterocycles. The fraction of sp³-hybridized carbons (Fsp3) is 0.375. The van der Waals surface area contributed by atoms with Gasteiger partial charge in [0.05, 0.1) is 24.9 Å². The molecule has 0 bridgehead atoms. The summed E-state index contributed by atoms with van der Waals surface area (Å²) in [6.45, 7) is 1.70. The number of carbonyl (C=O) groups excluding carboxylic acids is 1. The van der Waals surface area contributed by atoms with Crippen LogP contribution in [0.1, 0.15) is 23.7 Å². The summed E-state index contributed by atoms with van der Waals surface area (Å²) in [5.74, 6) is 0.137. The number of amides is 1. The summed E-state index contributed by atoms with van der Waals surface area (Å²) in [7, 11) is 0. The lowest BCUT2D eigenvalue weighted by atomic mass is 10.1. The third-order valence-electron chi connectivity index (χ3n) is 3.87. The van der Waals surface area contributed by atoms with E-state index in [1.165, 1.54) is 0 Å². The van der Waals surface area contributed by atoms with Crippen LogP contribution in [0.5, 0.6) is 0 Å². The lowest BCUT2D eigenvalue weighted by Gasteiger charge is -2.35. The average Bonchev–Trinajstić information content (AvgIpc) is 3.08. The SMILES string of the molecule is O=C(CCc1ccc(Cl)cc1)N1CCOC[C@@H]1c1ccn[nH]1. The average molecular weight is 320 g/mol. The number of hydrogen-bond donors (Lipinski definition) is 1. The van der Waals surface area contributed by atoms with Gasteiger partial charge in [-0.05, 0) is 30.2 Å². The van der Waals surface area contributed by atoms with Crippen molar-refractivity contribution in [2.24, 2.45) is 0 Å². The number of ether oxygens (including phenoxy) is 1. The van der Waals surface area contributed by atoms with Crippen LogP contribution in [0.3, 0.4) is 0 Å². The van der Waals surface area contributed by atoms with Crippen LogP contribution in [-0.4, -0.2) is 40.8 Å². The van der Waals surface area contributed by atoms with E-state index in [1.807, 2.05) is 35.2 Å². The highest BCUT2D eigenvalue weighted by Crippen LogP contribution is 2.23. The molecule has 1 atom stereocenters. The number of morpholine rings is 1. The summed E-state index contributed by atoms with van der Waals surface area (Å²) >= 11 is 5.87. The summed E-state index contributed by atoms with van der Waals surface area (Å²) in [6, 6.07) is 9.43. The summed E-state index contributed by atoms with van der Waals surface area (Å²) in [4.78, 5) is 14.4. The molecule has 1 N–H and O–H groups in total. The van der Waals surface area contributed by atoms with Gasteiger partial charge in [-0.2, -0.15) is 5.10 Å². The minimum Gasteiger partial charge on any atom is -0.377 e. The van der Waals surface area contributed by atoms with E-state index in [9.17, 15) is 4.79 Å². The first-order valence-electron chi connectivity index (χ1n) is 7.35. The zero-order chi connectivity index (χ0) is 15.4. The molecule has 5 nitrogen and oxygen atoms in total. The summed E-state index contributed by atoms with van der Waals surface area (Å²) in [5, 5.41) is 7.61. The molecule has 1 aliphatic heterocycles. The van der Waals surface area contributed by atoms with Crippen molar-refractivity contribution in [1.29, 1.82) is 0 Å². The number of aromatic amines is 1. The van der Waals surface area contributed by atoms with Crippen molar-refractivity contribution in [1.82, 2.24) is 15.1 Å². The van der Waals surface area contributed by atoms with Crippen molar-refractivity contribution in [3.05, 3.63) is 52.8 Å². The number of hydrogen-bond acceptors (Lipinski definition) is 3. The second-order valence-electron chi connectivity index (χ2n) is 5.32. The summed E-state index contributed by atoms with van der Waals surface area (Å²) < 4.78 is 5.51. The fourth-order valence-corrected chi connectivity index (χ4v) is 2.78. The third-order valence-corrected chi connectivity index (χ3v) is 4.12. The van der Waals surface area contributed by atoms with Gasteiger partial charge in [-0.15, -0.1) is 0 Å². The fourth-order valence-electron chi connectivity index (χ4n) is 2.66. The Balaban J connectivity index is 1.63. The van der Waals surface area contributed by atoms with Crippen molar-refractivity contribution in [3.8, 4) is 0 Å². The van der Waals surface area contributed by atoms with Gasteiger partial charge in [0.25, 0.3) is 0 Å². The second-order valence-corrected chi connectivity index (χ2v) is 5.75. The number of aromatic nitrogens is 2. The maximum Gasteiger partial charge on any atom is 0.223 e. The van der Waals surface area contributed by atoms with E-state index in [0.717, 1.165) is 11.3 Å². The molecule has 0 aliphatic carbocycles. The number of rotatable bonds is 4. The Bertz CT molecular complexity index is 613. The van der Waals surface area contributed by atoms with Crippen LogP contribution >= 0.6 is 11.6 Å². The Morgan fingerprint density at radius 1 is 1.36 bits per heavy atom. The molecule has 0 saturated carbocycles. The zero-order valence-corrected chi connectivity index (χ0v) is 12.9. The van der Waals surface area contributed by atoms with Gasteiger partial charge in [-0.25, -0.2) is 0 Å². The molecule has 1 aromatic heterocycles. The summed E-state index contributed by atoms with van der Waals surface area (Å²) in [5.41, 5.74) is 2.03. The molecule has 22 heavy (non-hydrogen) atoms. The molecular formula is C16H18ClN3O2. The van der Waals surface area contributed by atoms with E-state index < -0.39 is 0 Å². The molecule has 1 aromatic carbocycles. The van der Waals surface area contributed by atoms with E-state index in [0.29, 0.717) is 37.6 Å². The van der Waals surface area contributed by atoms with Crippen LogP contribution in [0.25, 0.3) is 0 Å². The number of halogens is 1. The van der Waals surface area contributed by atoms with Crippen molar-refractivity contribution >= 4 is 17.5 Å². The van der Waals surface area contributed by atoms with Crippen molar-refractivity contribution in [2.75, 3.05) is 19.8 Å². The van der Waals surface area contributed by atoms with Crippen LogP contribution in [0.4, 0.5) is 0 Å². The Kier molecular flexibility index (Phi) is 4.75. The predicted molar refractivity (Wildman–Crippen MR) is 83.6 cm³/mol. The van der Waals surface area contributed by atoms with Gasteiger partial charge in [-0.1, -0.05) is 23.7 Å². The van der Waals surface area contributed by atoms with Gasteiger partial charge in [0.1, 0.15) is 0 Å². The first-order valence-corrected chi connectivity index (χ1v) is 7.73. The molecule has 0 unspecified atom stereocenters. The van der Waals surface area contributed by atoms with Crippen LogP contribution in [0.15, 0.2) is 36.5 Å². The van der Waals surface area contributed by atoms with Crippen molar-refractivity contribution in [3.63, 3.8) is 0 Å². The predicted octanol–water partition coefficient (Wildman–Crippen LogP) is 2.60. The molecule has 1 aliphatic rings.